The van der Waals surface area contributed by atoms with Crippen LogP contribution in [-0.4, -0.2) is 70.6 Å². The van der Waals surface area contributed by atoms with Crippen molar-refractivity contribution in [3.8, 4) is 0 Å². The minimum absolute atomic E-state index is 0. The topological polar surface area (TPSA) is 172 Å². The maximum absolute atomic E-state index is 8.36. The standard InChI is InChI=1S/2C14H24ClN3.Cu.HNO3/c2*15-11-5-3-4-9-10(11)8-13(18-14(9)16)12-6-1-2-7-17-12;;2-1(3)4/h2*9-14H,1-8,16H2;;(H,2,3,4)/q2*-2;+1;. The van der Waals surface area contributed by atoms with Crippen LogP contribution in [0.5, 0.6) is 0 Å². The van der Waals surface area contributed by atoms with Crippen molar-refractivity contribution in [2.75, 3.05) is 13.1 Å². The number of hydrogen-bond acceptors (Lipinski definition) is 4. The summed E-state index contributed by atoms with van der Waals surface area (Å²) in [5.41, 5.74) is 12.6. The molecule has 4 aliphatic heterocycles. The van der Waals surface area contributed by atoms with Crippen molar-refractivity contribution in [2.24, 2.45) is 35.1 Å². The van der Waals surface area contributed by atoms with E-state index >= 15 is 0 Å². The van der Waals surface area contributed by atoms with Gasteiger partial charge in [-0.25, -0.2) is 0 Å². The second-order valence-corrected chi connectivity index (χ2v) is 13.7. The molecule has 2 aliphatic carbocycles. The van der Waals surface area contributed by atoms with E-state index in [-0.39, 0.29) is 29.4 Å². The minimum Gasteiger partial charge on any atom is -0.661 e. The molecule has 4 saturated heterocycles. The minimum atomic E-state index is -1.50. The van der Waals surface area contributed by atoms with Crippen molar-refractivity contribution >= 4 is 23.2 Å². The molecule has 0 bridgehead atoms. The monoisotopic (exact) mass is 664 g/mol. The van der Waals surface area contributed by atoms with E-state index in [1.165, 1.54) is 64.2 Å². The van der Waals surface area contributed by atoms with Crippen LogP contribution < -0.4 is 11.5 Å². The first-order valence-corrected chi connectivity index (χ1v) is 16.5. The zero-order valence-electron chi connectivity index (χ0n) is 24.0. The van der Waals surface area contributed by atoms with Gasteiger partial charge in [0, 0.05) is 10.8 Å². The van der Waals surface area contributed by atoms with E-state index in [9.17, 15) is 0 Å². The van der Waals surface area contributed by atoms with Crippen molar-refractivity contribution < 1.29 is 27.4 Å². The van der Waals surface area contributed by atoms with Gasteiger partial charge in [0.1, 0.15) is 0 Å². The molecule has 0 amide bonds. The Morgan fingerprint density at radius 1 is 0.634 bits per heavy atom. The normalized spacial score (nSPS) is 44.2. The molecule has 0 aromatic carbocycles. The maximum Gasteiger partial charge on any atom is 1.00 e. The molecule has 4 heterocycles. The first kappa shape index (κ1) is 35.5. The molecule has 242 valence electrons. The van der Waals surface area contributed by atoms with E-state index in [1.807, 2.05) is 0 Å². The van der Waals surface area contributed by atoms with E-state index in [0.29, 0.717) is 58.6 Å². The molecule has 5 N–H and O–H groups in total. The van der Waals surface area contributed by atoms with Gasteiger partial charge in [-0.3, -0.25) is 0 Å². The molecule has 0 aromatic heterocycles. The number of piperidine rings is 4. The summed E-state index contributed by atoms with van der Waals surface area (Å²) in [6.07, 6.45) is 16.9. The third-order valence-corrected chi connectivity index (χ3v) is 11.2. The van der Waals surface area contributed by atoms with E-state index < -0.39 is 5.09 Å². The van der Waals surface area contributed by atoms with Crippen LogP contribution in [0.3, 0.4) is 0 Å². The van der Waals surface area contributed by atoms with Gasteiger partial charge in [0.15, 0.2) is 0 Å². The Morgan fingerprint density at radius 3 is 1.37 bits per heavy atom. The van der Waals surface area contributed by atoms with Crippen LogP contribution in [0.2, 0.25) is 0 Å². The molecule has 0 radical (unpaired) electrons. The average molecular weight is 666 g/mol. The second-order valence-electron chi connectivity index (χ2n) is 12.6. The zero-order chi connectivity index (χ0) is 28.6. The third kappa shape index (κ3) is 10.0. The molecule has 2 saturated carbocycles. The summed E-state index contributed by atoms with van der Waals surface area (Å²) in [5.74, 6) is 2.22. The molecule has 0 aromatic rings. The van der Waals surface area contributed by atoms with Crippen LogP contribution in [0.25, 0.3) is 21.3 Å². The quantitative estimate of drug-likeness (QED) is 0.134. The van der Waals surface area contributed by atoms with Gasteiger partial charge in [-0.05, 0) is 36.5 Å². The van der Waals surface area contributed by atoms with Gasteiger partial charge in [-0.15, -0.1) is 46.4 Å². The van der Waals surface area contributed by atoms with Crippen LogP contribution in [0.15, 0.2) is 0 Å². The largest absolute Gasteiger partial charge is 1.00 e. The van der Waals surface area contributed by atoms with Gasteiger partial charge >= 0.3 is 17.1 Å². The Kier molecular flexibility index (Phi) is 15.2. The van der Waals surface area contributed by atoms with Crippen molar-refractivity contribution in [1.29, 1.82) is 0 Å². The van der Waals surface area contributed by atoms with Gasteiger partial charge in [-0.2, -0.15) is 24.2 Å². The van der Waals surface area contributed by atoms with E-state index in [2.05, 4.69) is 0 Å². The molecule has 6 rings (SSSR count). The zero-order valence-corrected chi connectivity index (χ0v) is 26.4. The van der Waals surface area contributed by atoms with Gasteiger partial charge in [-0.1, -0.05) is 89.4 Å². The van der Waals surface area contributed by atoms with Gasteiger partial charge in [0.25, 0.3) is 5.09 Å². The Hall–Kier alpha value is 0.0595. The smallest absolute Gasteiger partial charge is 0.661 e. The Balaban J connectivity index is 0.000000196. The average Bonchev–Trinajstić information content (AvgIpc) is 2.95. The molecule has 41 heavy (non-hydrogen) atoms. The third-order valence-electron chi connectivity index (χ3n) is 10.1. The number of rotatable bonds is 2. The second kappa shape index (κ2) is 17.5. The molecule has 12 atom stereocenters. The predicted molar refractivity (Wildman–Crippen MR) is 161 cm³/mol. The predicted octanol–water partition coefficient (Wildman–Crippen LogP) is 6.38. The maximum atomic E-state index is 8.36. The molecule has 6 fully saturated rings. The number of fused-ring (bicyclic) bond motifs is 2. The molecule has 10 nitrogen and oxygen atoms in total. The first-order chi connectivity index (χ1) is 19.2. The summed E-state index contributed by atoms with van der Waals surface area (Å²) in [6.45, 7) is 2.04. The number of nitrogens with zero attached hydrogens (tertiary/aromatic N) is 5. The van der Waals surface area contributed by atoms with E-state index in [4.69, 9.17) is 71.3 Å². The Labute approximate surface area is 266 Å². The van der Waals surface area contributed by atoms with E-state index in [0.717, 1.165) is 38.8 Å². The summed E-state index contributed by atoms with van der Waals surface area (Å²) in [7, 11) is 0. The van der Waals surface area contributed by atoms with Crippen LogP contribution in [0.1, 0.15) is 89.9 Å². The number of hydrogen-bond donors (Lipinski definition) is 3. The van der Waals surface area contributed by atoms with Crippen LogP contribution in [0, 0.1) is 33.8 Å². The van der Waals surface area contributed by atoms with Crippen molar-refractivity contribution in [1.82, 2.24) is 0 Å². The fourth-order valence-corrected chi connectivity index (χ4v) is 8.98. The van der Waals surface area contributed by atoms with Gasteiger partial charge in [0.05, 0.1) is 0 Å². The SMILES string of the molecule is NC1[N-]C(C2CCCC[N-]2)CC2C(Cl)CCCC12.NC1[N-]C(C2CCCC[N-]2)CC2C(Cl)CCCC12.O=[N+]([O-])O.[Cu+]. The number of halogens is 2. The Bertz CT molecular complexity index is 721. The first-order valence-electron chi connectivity index (χ1n) is 15.6. The van der Waals surface area contributed by atoms with Crippen LogP contribution >= 0.6 is 23.2 Å². The van der Waals surface area contributed by atoms with Crippen molar-refractivity contribution in [2.45, 2.75) is 137 Å². The molecular weight excluding hydrogens is 617 g/mol. The van der Waals surface area contributed by atoms with E-state index in [1.54, 1.807) is 0 Å². The Morgan fingerprint density at radius 2 is 1.02 bits per heavy atom. The fourth-order valence-electron chi connectivity index (χ4n) is 8.09. The fraction of sp³-hybridized carbons (Fsp3) is 1.00. The van der Waals surface area contributed by atoms with Crippen molar-refractivity contribution in [3.05, 3.63) is 31.4 Å². The summed E-state index contributed by atoms with van der Waals surface area (Å²) in [5, 5.41) is 33.5. The van der Waals surface area contributed by atoms with Crippen molar-refractivity contribution in [3.63, 3.8) is 0 Å². The summed E-state index contributed by atoms with van der Waals surface area (Å²) in [6, 6.07) is 1.55. The van der Waals surface area contributed by atoms with Gasteiger partial charge < -0.3 is 37.9 Å². The van der Waals surface area contributed by atoms with Gasteiger partial charge in [0.2, 0.25) is 0 Å². The number of nitrogens with two attached hydrogens (primary N) is 2. The number of alkyl halides is 2. The van der Waals surface area contributed by atoms with Crippen LogP contribution in [0.4, 0.5) is 0 Å². The summed E-state index contributed by atoms with van der Waals surface area (Å²) < 4.78 is 0. The molecule has 13 heteroatoms. The molecule has 6 aliphatic rings. The van der Waals surface area contributed by atoms with Crippen LogP contribution in [-0.2, 0) is 17.1 Å². The molecule has 0 spiro atoms. The molecular formula is C28H49Cl2CuN7O3-3. The summed E-state index contributed by atoms with van der Waals surface area (Å²) in [4.78, 5) is 8.36. The molecule has 12 unspecified atom stereocenters. The summed E-state index contributed by atoms with van der Waals surface area (Å²) >= 11 is 13.1.